The normalized spacial score (nSPS) is 11.1. The number of nitrogens with zero attached hydrogens (tertiary/aromatic N) is 1. The average Bonchev–Trinajstić information content (AvgIpc) is 2.82. The molecule has 3 aromatic rings. The standard InChI is InChI=1S/C17H15ClN2OS/c1-8-9(2)13-14(19)16(22-17(13)20-10(8)3)15(21)11-4-6-12(18)7-5-11/h4-7H,19H2,1-3H3. The number of benzene rings is 1. The Balaban J connectivity index is 2.20. The van der Waals surface area contributed by atoms with Gasteiger partial charge in [0.05, 0.1) is 5.69 Å². The molecule has 0 atom stereocenters. The number of halogens is 1. The fourth-order valence-corrected chi connectivity index (χ4v) is 3.76. The molecule has 0 fully saturated rings. The van der Waals surface area contributed by atoms with E-state index in [9.17, 15) is 4.79 Å². The van der Waals surface area contributed by atoms with Crippen molar-refractivity contribution >= 4 is 44.6 Å². The second kappa shape index (κ2) is 5.38. The Kier molecular flexibility index (Phi) is 3.67. The molecule has 0 saturated carbocycles. The van der Waals surface area contributed by atoms with Gasteiger partial charge in [-0.1, -0.05) is 11.6 Å². The van der Waals surface area contributed by atoms with Crippen molar-refractivity contribution in [3.8, 4) is 0 Å². The maximum atomic E-state index is 12.7. The van der Waals surface area contributed by atoms with Crippen LogP contribution < -0.4 is 5.73 Å². The van der Waals surface area contributed by atoms with Gasteiger partial charge in [0.2, 0.25) is 5.78 Å². The van der Waals surface area contributed by atoms with Crippen LogP contribution in [0.1, 0.15) is 32.1 Å². The molecule has 1 aromatic carbocycles. The van der Waals surface area contributed by atoms with Gasteiger partial charge in [0.15, 0.2) is 0 Å². The molecule has 5 heteroatoms. The molecule has 0 bridgehead atoms. The van der Waals surface area contributed by atoms with Crippen LogP contribution in [0.2, 0.25) is 5.02 Å². The summed E-state index contributed by atoms with van der Waals surface area (Å²) in [4.78, 5) is 18.6. The Bertz CT molecular complexity index is 897. The predicted molar refractivity (Wildman–Crippen MR) is 93.1 cm³/mol. The van der Waals surface area contributed by atoms with Crippen molar-refractivity contribution in [2.24, 2.45) is 0 Å². The average molecular weight is 331 g/mol. The monoisotopic (exact) mass is 330 g/mol. The summed E-state index contributed by atoms with van der Waals surface area (Å²) in [5.41, 5.74) is 10.5. The number of thiophene rings is 1. The lowest BCUT2D eigenvalue weighted by atomic mass is 10.0. The number of ketones is 1. The summed E-state index contributed by atoms with van der Waals surface area (Å²) in [6.07, 6.45) is 0. The van der Waals surface area contributed by atoms with E-state index in [4.69, 9.17) is 17.3 Å². The van der Waals surface area contributed by atoms with E-state index in [1.807, 2.05) is 20.8 Å². The van der Waals surface area contributed by atoms with E-state index in [-0.39, 0.29) is 5.78 Å². The third-order valence-corrected chi connectivity index (χ3v) is 5.34. The van der Waals surface area contributed by atoms with Crippen LogP contribution in [-0.4, -0.2) is 10.8 Å². The smallest absolute Gasteiger partial charge is 0.205 e. The highest BCUT2D eigenvalue weighted by molar-refractivity contribution is 7.21. The number of pyridine rings is 1. The van der Waals surface area contributed by atoms with Crippen molar-refractivity contribution < 1.29 is 4.79 Å². The van der Waals surface area contributed by atoms with E-state index in [0.717, 1.165) is 27.0 Å². The predicted octanol–water partition coefficient (Wildman–Crippen LogP) is 4.69. The van der Waals surface area contributed by atoms with Gasteiger partial charge in [-0.2, -0.15) is 0 Å². The van der Waals surface area contributed by atoms with Gasteiger partial charge in [-0.25, -0.2) is 4.98 Å². The highest BCUT2D eigenvalue weighted by Crippen LogP contribution is 2.37. The van der Waals surface area contributed by atoms with Crippen LogP contribution in [0.25, 0.3) is 10.2 Å². The summed E-state index contributed by atoms with van der Waals surface area (Å²) in [6, 6.07) is 6.84. The number of nitrogen functional groups attached to an aromatic ring is 1. The number of fused-ring (bicyclic) bond motifs is 1. The minimum absolute atomic E-state index is 0.0909. The number of carbonyl (C=O) groups excluding carboxylic acids is 1. The molecule has 2 N–H and O–H groups in total. The Morgan fingerprint density at radius 1 is 1.14 bits per heavy atom. The summed E-state index contributed by atoms with van der Waals surface area (Å²) < 4.78 is 0. The van der Waals surface area contributed by atoms with Crippen LogP contribution in [0, 0.1) is 20.8 Å². The van der Waals surface area contributed by atoms with Crippen LogP contribution in [0.15, 0.2) is 24.3 Å². The van der Waals surface area contributed by atoms with Gasteiger partial charge in [0.1, 0.15) is 9.71 Å². The summed E-state index contributed by atoms with van der Waals surface area (Å²) in [5.74, 6) is -0.0909. The molecule has 0 spiro atoms. The van der Waals surface area contributed by atoms with Crippen molar-refractivity contribution in [3.05, 3.63) is 56.5 Å². The van der Waals surface area contributed by atoms with Crippen molar-refractivity contribution in [2.45, 2.75) is 20.8 Å². The Labute approximate surface area is 137 Å². The van der Waals surface area contributed by atoms with E-state index in [2.05, 4.69) is 4.98 Å². The van der Waals surface area contributed by atoms with Gasteiger partial charge in [-0.3, -0.25) is 4.79 Å². The third kappa shape index (κ3) is 2.28. The fourth-order valence-electron chi connectivity index (χ4n) is 2.47. The molecule has 0 unspecified atom stereocenters. The molecule has 0 aliphatic heterocycles. The van der Waals surface area contributed by atoms with Gasteiger partial charge < -0.3 is 5.73 Å². The minimum atomic E-state index is -0.0909. The highest BCUT2D eigenvalue weighted by Gasteiger charge is 2.21. The molecule has 0 saturated heterocycles. The number of aryl methyl sites for hydroxylation is 2. The summed E-state index contributed by atoms with van der Waals surface area (Å²) in [6.45, 7) is 6.01. The van der Waals surface area contributed by atoms with Crippen molar-refractivity contribution in [1.82, 2.24) is 4.98 Å². The SMILES string of the molecule is Cc1nc2sc(C(=O)c3ccc(Cl)cc3)c(N)c2c(C)c1C. The lowest BCUT2D eigenvalue weighted by molar-refractivity contribution is 0.104. The van der Waals surface area contributed by atoms with Crippen LogP contribution in [-0.2, 0) is 0 Å². The fraction of sp³-hybridized carbons (Fsp3) is 0.176. The van der Waals surface area contributed by atoms with E-state index < -0.39 is 0 Å². The second-order valence-corrected chi connectivity index (χ2v) is 6.74. The van der Waals surface area contributed by atoms with Gasteiger partial charge in [-0.05, 0) is 56.2 Å². The minimum Gasteiger partial charge on any atom is -0.397 e. The summed E-state index contributed by atoms with van der Waals surface area (Å²) in [5, 5.41) is 1.50. The molecule has 112 valence electrons. The largest absolute Gasteiger partial charge is 0.397 e. The molecule has 2 heterocycles. The van der Waals surface area contributed by atoms with E-state index >= 15 is 0 Å². The van der Waals surface area contributed by atoms with Gasteiger partial charge in [0.25, 0.3) is 0 Å². The van der Waals surface area contributed by atoms with Crippen molar-refractivity contribution in [2.75, 3.05) is 5.73 Å². The number of hydrogen-bond acceptors (Lipinski definition) is 4. The molecular formula is C17H15ClN2OS. The quantitative estimate of drug-likeness (QED) is 0.693. The molecule has 0 aliphatic carbocycles. The molecule has 0 radical (unpaired) electrons. The second-order valence-electron chi connectivity index (χ2n) is 5.31. The molecule has 0 amide bonds. The van der Waals surface area contributed by atoms with Gasteiger partial charge >= 0.3 is 0 Å². The Morgan fingerprint density at radius 2 is 1.77 bits per heavy atom. The molecule has 0 aliphatic rings. The first kappa shape index (κ1) is 15.0. The number of carbonyl (C=O) groups is 1. The van der Waals surface area contributed by atoms with Crippen LogP contribution in [0.4, 0.5) is 5.69 Å². The van der Waals surface area contributed by atoms with Gasteiger partial charge in [0, 0.05) is 21.7 Å². The maximum absolute atomic E-state index is 12.7. The first-order chi connectivity index (χ1) is 10.4. The van der Waals surface area contributed by atoms with E-state index in [1.54, 1.807) is 24.3 Å². The lowest BCUT2D eigenvalue weighted by Gasteiger charge is -2.05. The number of nitrogens with two attached hydrogens (primary N) is 1. The van der Waals surface area contributed by atoms with Gasteiger partial charge in [-0.15, -0.1) is 11.3 Å². The molecule has 3 nitrogen and oxygen atoms in total. The first-order valence-corrected chi connectivity index (χ1v) is 8.05. The zero-order chi connectivity index (χ0) is 16.0. The zero-order valence-corrected chi connectivity index (χ0v) is 14.1. The number of hydrogen-bond donors (Lipinski definition) is 1. The Morgan fingerprint density at radius 3 is 2.41 bits per heavy atom. The third-order valence-electron chi connectivity index (χ3n) is 3.99. The van der Waals surface area contributed by atoms with Crippen LogP contribution in [0.3, 0.4) is 0 Å². The Hall–Kier alpha value is -1.91. The van der Waals surface area contributed by atoms with Crippen molar-refractivity contribution in [1.29, 1.82) is 0 Å². The highest BCUT2D eigenvalue weighted by atomic mass is 35.5. The molecule has 3 rings (SSSR count). The number of anilines is 1. The van der Waals surface area contributed by atoms with E-state index in [1.165, 1.54) is 11.3 Å². The lowest BCUT2D eigenvalue weighted by Crippen LogP contribution is -2.02. The first-order valence-electron chi connectivity index (χ1n) is 6.86. The zero-order valence-electron chi connectivity index (χ0n) is 12.5. The summed E-state index contributed by atoms with van der Waals surface area (Å²) >= 11 is 7.22. The maximum Gasteiger partial charge on any atom is 0.205 e. The number of rotatable bonds is 2. The van der Waals surface area contributed by atoms with Crippen LogP contribution >= 0.6 is 22.9 Å². The van der Waals surface area contributed by atoms with Crippen molar-refractivity contribution in [3.63, 3.8) is 0 Å². The van der Waals surface area contributed by atoms with E-state index in [0.29, 0.717) is 21.2 Å². The number of aromatic nitrogens is 1. The summed E-state index contributed by atoms with van der Waals surface area (Å²) in [7, 11) is 0. The molecule has 2 aromatic heterocycles. The topological polar surface area (TPSA) is 56.0 Å². The van der Waals surface area contributed by atoms with Crippen LogP contribution in [0.5, 0.6) is 0 Å². The molecule has 22 heavy (non-hydrogen) atoms. The molecular weight excluding hydrogens is 316 g/mol.